The van der Waals surface area contributed by atoms with Crippen molar-refractivity contribution in [3.63, 3.8) is 0 Å². The maximum Gasteiger partial charge on any atom is 0.223 e. The quantitative estimate of drug-likeness (QED) is 0.764. The van der Waals surface area contributed by atoms with Gasteiger partial charge in [0.1, 0.15) is 5.82 Å². The summed E-state index contributed by atoms with van der Waals surface area (Å²) in [7, 11) is 0. The summed E-state index contributed by atoms with van der Waals surface area (Å²) in [4.78, 5) is 12.2. The third-order valence-electron chi connectivity index (χ3n) is 3.97. The predicted molar refractivity (Wildman–Crippen MR) is 85.3 cm³/mol. The Kier molecular flexibility index (Phi) is 5.50. The van der Waals surface area contributed by atoms with E-state index in [2.05, 4.69) is 15.5 Å². The molecule has 0 aliphatic heterocycles. The molecule has 0 aliphatic carbocycles. The Balaban J connectivity index is 1.90. The number of aromatic amines is 1. The Morgan fingerprint density at radius 3 is 2.70 bits per heavy atom. The fourth-order valence-corrected chi connectivity index (χ4v) is 2.50. The van der Waals surface area contributed by atoms with Crippen molar-refractivity contribution in [2.24, 2.45) is 5.92 Å². The molecule has 1 amide bonds. The lowest BCUT2D eigenvalue weighted by atomic mass is 9.99. The van der Waals surface area contributed by atoms with Crippen LogP contribution in [0.5, 0.6) is 0 Å². The van der Waals surface area contributed by atoms with Crippen LogP contribution in [0.15, 0.2) is 24.3 Å². The first-order valence-corrected chi connectivity index (χ1v) is 7.60. The number of halogens is 1. The van der Waals surface area contributed by atoms with E-state index < -0.39 is 11.9 Å². The number of aryl methyl sites for hydroxylation is 2. The first kappa shape index (κ1) is 17.1. The average Bonchev–Trinajstić information content (AvgIpc) is 2.84. The van der Waals surface area contributed by atoms with E-state index in [0.29, 0.717) is 6.42 Å². The third kappa shape index (κ3) is 4.16. The fourth-order valence-electron chi connectivity index (χ4n) is 2.50. The normalized spacial score (nSPS) is 13.6. The number of nitrogens with zero attached hydrogens (tertiary/aromatic N) is 1. The van der Waals surface area contributed by atoms with Crippen molar-refractivity contribution >= 4 is 5.91 Å². The van der Waals surface area contributed by atoms with Crippen molar-refractivity contribution in [2.45, 2.75) is 33.3 Å². The number of aliphatic hydroxyl groups is 1. The Hall–Kier alpha value is -2.21. The molecule has 0 spiro atoms. The first-order chi connectivity index (χ1) is 10.9. The van der Waals surface area contributed by atoms with Gasteiger partial charge < -0.3 is 10.4 Å². The highest BCUT2D eigenvalue weighted by molar-refractivity contribution is 5.78. The minimum absolute atomic E-state index is 0.0204. The number of amides is 1. The van der Waals surface area contributed by atoms with Crippen molar-refractivity contribution in [1.82, 2.24) is 15.5 Å². The van der Waals surface area contributed by atoms with Gasteiger partial charge in [0.05, 0.1) is 11.8 Å². The van der Waals surface area contributed by atoms with Crippen LogP contribution in [0.2, 0.25) is 0 Å². The van der Waals surface area contributed by atoms with E-state index in [1.165, 1.54) is 12.1 Å². The largest absolute Gasteiger partial charge is 0.386 e. The van der Waals surface area contributed by atoms with Crippen LogP contribution in [0.3, 0.4) is 0 Å². The van der Waals surface area contributed by atoms with Crippen LogP contribution < -0.4 is 5.32 Å². The molecule has 2 aromatic rings. The van der Waals surface area contributed by atoms with Crippen molar-refractivity contribution in [3.05, 3.63) is 52.6 Å². The first-order valence-electron chi connectivity index (χ1n) is 7.60. The lowest BCUT2D eigenvalue weighted by Crippen LogP contribution is -2.33. The monoisotopic (exact) mass is 319 g/mol. The summed E-state index contributed by atoms with van der Waals surface area (Å²) in [5.74, 6) is -0.926. The molecule has 0 radical (unpaired) electrons. The average molecular weight is 319 g/mol. The van der Waals surface area contributed by atoms with E-state index in [0.717, 1.165) is 17.0 Å². The highest BCUT2D eigenvalue weighted by Gasteiger charge is 2.19. The second-order valence-electron chi connectivity index (χ2n) is 5.80. The highest BCUT2D eigenvalue weighted by Crippen LogP contribution is 2.17. The molecule has 0 unspecified atom stereocenters. The summed E-state index contributed by atoms with van der Waals surface area (Å²) < 4.78 is 13.6. The zero-order valence-corrected chi connectivity index (χ0v) is 13.6. The summed E-state index contributed by atoms with van der Waals surface area (Å²) in [5, 5.41) is 19.7. The van der Waals surface area contributed by atoms with Crippen LogP contribution in [0.25, 0.3) is 0 Å². The molecule has 0 saturated heterocycles. The number of benzene rings is 1. The number of aliphatic hydroxyl groups excluding tert-OH is 1. The summed E-state index contributed by atoms with van der Waals surface area (Å²) in [5.41, 5.74) is 3.05. The van der Waals surface area contributed by atoms with Gasteiger partial charge >= 0.3 is 0 Å². The molecule has 1 heterocycles. The number of rotatable bonds is 6. The number of carbonyl (C=O) groups is 1. The predicted octanol–water partition coefficient (Wildman–Crippen LogP) is 2.19. The number of nitrogens with one attached hydrogen (secondary N) is 2. The second-order valence-corrected chi connectivity index (χ2v) is 5.80. The summed E-state index contributed by atoms with van der Waals surface area (Å²) in [6.07, 6.45) is -0.500. The molecule has 0 aliphatic rings. The second kappa shape index (κ2) is 7.37. The van der Waals surface area contributed by atoms with Gasteiger partial charge in [0.25, 0.3) is 0 Å². The molecule has 1 aromatic carbocycles. The third-order valence-corrected chi connectivity index (χ3v) is 3.97. The molecule has 2 rings (SSSR count). The van der Waals surface area contributed by atoms with Crippen LogP contribution in [0, 0.1) is 25.6 Å². The van der Waals surface area contributed by atoms with Gasteiger partial charge in [-0.25, -0.2) is 4.39 Å². The molecule has 0 bridgehead atoms. The number of carbonyl (C=O) groups excluding carboxylic acids is 1. The minimum atomic E-state index is -1.07. The van der Waals surface area contributed by atoms with Crippen molar-refractivity contribution in [2.75, 3.05) is 6.54 Å². The Bertz CT molecular complexity index is 665. The van der Waals surface area contributed by atoms with Crippen molar-refractivity contribution < 1.29 is 14.3 Å². The number of H-pyrrole nitrogens is 1. The number of hydrogen-bond acceptors (Lipinski definition) is 3. The molecular formula is C17H22FN3O2. The zero-order valence-electron chi connectivity index (χ0n) is 13.6. The summed E-state index contributed by atoms with van der Waals surface area (Å²) in [6.45, 7) is 5.61. The van der Waals surface area contributed by atoms with E-state index in [9.17, 15) is 14.3 Å². The van der Waals surface area contributed by atoms with Crippen LogP contribution >= 0.6 is 0 Å². The van der Waals surface area contributed by atoms with Crippen LogP contribution in [-0.2, 0) is 11.2 Å². The van der Waals surface area contributed by atoms with Gasteiger partial charge in [-0.3, -0.25) is 9.89 Å². The van der Waals surface area contributed by atoms with Crippen molar-refractivity contribution in [1.29, 1.82) is 0 Å². The molecule has 23 heavy (non-hydrogen) atoms. The molecule has 0 fully saturated rings. The smallest absolute Gasteiger partial charge is 0.223 e. The fraction of sp³-hybridized carbons (Fsp3) is 0.412. The van der Waals surface area contributed by atoms with Gasteiger partial charge in [-0.1, -0.05) is 25.1 Å². The SMILES string of the molecule is Cc1n[nH]c(C)c1C[C@H](C)C(=O)NC[C@@H](O)c1ccccc1F. The van der Waals surface area contributed by atoms with Crippen LogP contribution in [0.1, 0.15) is 35.5 Å². The maximum atomic E-state index is 13.6. The Labute approximate surface area is 134 Å². The van der Waals surface area contributed by atoms with E-state index in [1.807, 2.05) is 20.8 Å². The van der Waals surface area contributed by atoms with Gasteiger partial charge in [-0.05, 0) is 31.9 Å². The van der Waals surface area contributed by atoms with Gasteiger partial charge in [0.2, 0.25) is 5.91 Å². The van der Waals surface area contributed by atoms with E-state index in [-0.39, 0.29) is 23.9 Å². The molecule has 3 N–H and O–H groups in total. The lowest BCUT2D eigenvalue weighted by Gasteiger charge is -2.16. The summed E-state index contributed by atoms with van der Waals surface area (Å²) >= 11 is 0. The molecule has 0 saturated carbocycles. The molecular weight excluding hydrogens is 297 g/mol. The molecule has 5 nitrogen and oxygen atoms in total. The lowest BCUT2D eigenvalue weighted by molar-refractivity contribution is -0.124. The Morgan fingerprint density at radius 1 is 1.39 bits per heavy atom. The number of aromatic nitrogens is 2. The number of hydrogen-bond donors (Lipinski definition) is 3. The zero-order chi connectivity index (χ0) is 17.0. The minimum Gasteiger partial charge on any atom is -0.386 e. The van der Waals surface area contributed by atoms with Gasteiger partial charge in [0, 0.05) is 23.7 Å². The van der Waals surface area contributed by atoms with Gasteiger partial charge in [-0.15, -0.1) is 0 Å². The maximum absolute atomic E-state index is 13.6. The van der Waals surface area contributed by atoms with Gasteiger partial charge in [-0.2, -0.15) is 5.10 Å². The van der Waals surface area contributed by atoms with Crippen LogP contribution in [0.4, 0.5) is 4.39 Å². The standard InChI is InChI=1S/C17H22FN3O2/c1-10(8-14-11(2)20-21-12(14)3)17(23)19-9-16(22)13-6-4-5-7-15(13)18/h4-7,10,16,22H,8-9H2,1-3H3,(H,19,23)(H,20,21)/t10-,16+/m0/s1. The van der Waals surface area contributed by atoms with E-state index in [1.54, 1.807) is 12.1 Å². The topological polar surface area (TPSA) is 78.0 Å². The molecule has 124 valence electrons. The molecule has 2 atom stereocenters. The summed E-state index contributed by atoms with van der Waals surface area (Å²) in [6, 6.07) is 6.00. The van der Waals surface area contributed by atoms with Crippen LogP contribution in [-0.4, -0.2) is 27.8 Å². The van der Waals surface area contributed by atoms with Crippen molar-refractivity contribution in [3.8, 4) is 0 Å². The van der Waals surface area contributed by atoms with E-state index in [4.69, 9.17) is 0 Å². The van der Waals surface area contributed by atoms with E-state index >= 15 is 0 Å². The Morgan fingerprint density at radius 2 is 2.09 bits per heavy atom. The van der Waals surface area contributed by atoms with Gasteiger partial charge in [0.15, 0.2) is 0 Å². The molecule has 1 aromatic heterocycles. The highest BCUT2D eigenvalue weighted by atomic mass is 19.1. The molecule has 6 heteroatoms.